The standard InChI is InChI=1S/C29H35ClNO2P/c1-31(21-23-34(2,3)32)20-22-33-27-16-14-26(15-17-27)29(25-12-8-5-9-13-25)28(18-19-30)24-10-6-4-7-11-24/h4-17H,18-23H2,1-3H3/p+1/b29-28-. The lowest BCUT2D eigenvalue weighted by Gasteiger charge is -2.18. The van der Waals surface area contributed by atoms with Crippen LogP contribution >= 0.6 is 18.7 Å². The van der Waals surface area contributed by atoms with Crippen molar-refractivity contribution >= 4 is 29.9 Å². The minimum Gasteiger partial charge on any atom is -0.488 e. The summed E-state index contributed by atoms with van der Waals surface area (Å²) in [7, 11) is 0.166. The van der Waals surface area contributed by atoms with Crippen molar-refractivity contribution in [3.63, 3.8) is 0 Å². The average molecular weight is 497 g/mol. The van der Waals surface area contributed by atoms with Crippen molar-refractivity contribution in [3.8, 4) is 5.75 Å². The minimum absolute atomic E-state index is 0.559. The zero-order valence-corrected chi connectivity index (χ0v) is 22.1. The lowest BCUT2D eigenvalue weighted by molar-refractivity contribution is -0.877. The van der Waals surface area contributed by atoms with Gasteiger partial charge in [0.05, 0.1) is 20.7 Å². The Balaban J connectivity index is 1.80. The summed E-state index contributed by atoms with van der Waals surface area (Å²) in [6.07, 6.45) is 1.56. The maximum Gasteiger partial charge on any atom is 0.137 e. The van der Waals surface area contributed by atoms with Gasteiger partial charge in [0, 0.05) is 12.0 Å². The zero-order chi connectivity index (χ0) is 24.4. The molecule has 0 saturated heterocycles. The summed E-state index contributed by atoms with van der Waals surface area (Å²) in [5, 5.41) is 0. The summed E-state index contributed by atoms with van der Waals surface area (Å²) >= 11 is 6.25. The second-order valence-corrected chi connectivity index (χ2v) is 13.1. The summed E-state index contributed by atoms with van der Waals surface area (Å²) in [6.45, 7) is 6.12. The van der Waals surface area contributed by atoms with Gasteiger partial charge in [0.2, 0.25) is 0 Å². The monoisotopic (exact) mass is 496 g/mol. The smallest absolute Gasteiger partial charge is 0.137 e. The molecule has 1 N–H and O–H groups in total. The molecular formula is C29H36ClNO2P+. The van der Waals surface area contributed by atoms with Crippen LogP contribution in [0.4, 0.5) is 0 Å². The number of halogens is 1. The molecule has 0 bridgehead atoms. The van der Waals surface area contributed by atoms with Crippen LogP contribution in [0, 0.1) is 0 Å². The van der Waals surface area contributed by atoms with E-state index in [1.54, 1.807) is 0 Å². The van der Waals surface area contributed by atoms with E-state index in [2.05, 4.69) is 67.7 Å². The van der Waals surface area contributed by atoms with Gasteiger partial charge in [-0.1, -0.05) is 72.8 Å². The van der Waals surface area contributed by atoms with Crippen LogP contribution in [0.5, 0.6) is 5.75 Å². The van der Waals surface area contributed by atoms with Gasteiger partial charge in [-0.05, 0) is 59.7 Å². The molecule has 0 radical (unpaired) electrons. The Morgan fingerprint density at radius 3 is 1.94 bits per heavy atom. The molecule has 0 aliphatic carbocycles. The SMILES string of the molecule is C[NH+](CCOc1ccc(/C(=C(/CCCl)c2ccccc2)c2ccccc2)cc1)CCP(C)(C)=O. The van der Waals surface area contributed by atoms with E-state index in [9.17, 15) is 4.57 Å². The number of likely N-dealkylation sites (N-methyl/N-ethyl adjacent to an activating group) is 1. The Bertz CT molecular complexity index is 1090. The van der Waals surface area contributed by atoms with Gasteiger partial charge in [0.25, 0.3) is 0 Å². The van der Waals surface area contributed by atoms with Gasteiger partial charge in [0.1, 0.15) is 18.9 Å². The van der Waals surface area contributed by atoms with E-state index in [-0.39, 0.29) is 0 Å². The Labute approximate surface area is 209 Å². The molecule has 1 unspecified atom stereocenters. The van der Waals surface area contributed by atoms with Gasteiger partial charge in [-0.25, -0.2) is 0 Å². The highest BCUT2D eigenvalue weighted by Gasteiger charge is 2.14. The topological polar surface area (TPSA) is 30.7 Å². The molecule has 0 fully saturated rings. The van der Waals surface area contributed by atoms with E-state index in [0.29, 0.717) is 12.5 Å². The Morgan fingerprint density at radius 1 is 0.824 bits per heavy atom. The van der Waals surface area contributed by atoms with Crippen molar-refractivity contribution in [3.05, 3.63) is 102 Å². The third-order valence-corrected chi connectivity index (χ3v) is 7.34. The normalized spacial score (nSPS) is 13.3. The Hall–Kier alpha value is -2.32. The van der Waals surface area contributed by atoms with E-state index >= 15 is 0 Å². The van der Waals surface area contributed by atoms with Crippen molar-refractivity contribution in [2.75, 3.05) is 52.1 Å². The van der Waals surface area contributed by atoms with Crippen LogP contribution in [0.1, 0.15) is 23.1 Å². The predicted molar refractivity (Wildman–Crippen MR) is 147 cm³/mol. The molecule has 0 aromatic heterocycles. The molecular weight excluding hydrogens is 461 g/mol. The molecule has 0 aliphatic rings. The number of alkyl halides is 1. The van der Waals surface area contributed by atoms with Crippen molar-refractivity contribution < 1.29 is 14.2 Å². The first-order chi connectivity index (χ1) is 16.4. The predicted octanol–water partition coefficient (Wildman–Crippen LogP) is 5.79. The molecule has 5 heteroatoms. The first-order valence-corrected chi connectivity index (χ1v) is 15.2. The number of benzene rings is 3. The van der Waals surface area contributed by atoms with E-state index in [0.717, 1.165) is 37.0 Å². The van der Waals surface area contributed by atoms with E-state index < -0.39 is 7.14 Å². The molecule has 34 heavy (non-hydrogen) atoms. The van der Waals surface area contributed by atoms with Gasteiger partial charge in [-0.15, -0.1) is 11.6 Å². The van der Waals surface area contributed by atoms with Crippen LogP contribution in [0.2, 0.25) is 0 Å². The molecule has 3 nitrogen and oxygen atoms in total. The molecule has 0 aliphatic heterocycles. The van der Waals surface area contributed by atoms with Crippen LogP contribution < -0.4 is 9.64 Å². The van der Waals surface area contributed by atoms with E-state index in [1.807, 2.05) is 37.6 Å². The third kappa shape index (κ3) is 8.17. The summed E-state index contributed by atoms with van der Waals surface area (Å²) in [4.78, 5) is 1.34. The van der Waals surface area contributed by atoms with Crippen molar-refractivity contribution in [1.29, 1.82) is 0 Å². The van der Waals surface area contributed by atoms with E-state index in [4.69, 9.17) is 16.3 Å². The Morgan fingerprint density at radius 2 is 1.38 bits per heavy atom. The number of allylic oxidation sites excluding steroid dienone is 1. The second kappa shape index (κ2) is 13.0. The largest absolute Gasteiger partial charge is 0.488 e. The number of hydrogen-bond donors (Lipinski definition) is 1. The molecule has 3 rings (SSSR count). The Kier molecular flexibility index (Phi) is 10.0. The van der Waals surface area contributed by atoms with Crippen molar-refractivity contribution in [2.45, 2.75) is 6.42 Å². The van der Waals surface area contributed by atoms with Crippen LogP contribution in [0.25, 0.3) is 11.1 Å². The fourth-order valence-corrected chi connectivity index (χ4v) is 5.02. The van der Waals surface area contributed by atoms with Crippen LogP contribution in [-0.4, -0.2) is 52.1 Å². The number of ether oxygens (including phenoxy) is 1. The summed E-state index contributed by atoms with van der Waals surface area (Å²) < 4.78 is 17.9. The third-order valence-electron chi connectivity index (χ3n) is 5.85. The number of rotatable bonds is 12. The lowest BCUT2D eigenvalue weighted by Crippen LogP contribution is -3.10. The summed E-state index contributed by atoms with van der Waals surface area (Å²) in [5.41, 5.74) is 5.95. The molecule has 3 aromatic carbocycles. The maximum absolute atomic E-state index is 11.9. The summed E-state index contributed by atoms with van der Waals surface area (Å²) in [5.74, 6) is 1.42. The molecule has 0 spiro atoms. The second-order valence-electron chi connectivity index (χ2n) is 9.15. The molecule has 180 valence electrons. The number of nitrogens with one attached hydrogen (secondary N) is 1. The fraction of sp³-hybridized carbons (Fsp3) is 0.310. The van der Waals surface area contributed by atoms with E-state index in [1.165, 1.54) is 27.2 Å². The molecule has 0 amide bonds. The van der Waals surface area contributed by atoms with Gasteiger partial charge < -0.3 is 14.2 Å². The van der Waals surface area contributed by atoms with Gasteiger partial charge >= 0.3 is 0 Å². The highest BCUT2D eigenvalue weighted by atomic mass is 35.5. The zero-order valence-electron chi connectivity index (χ0n) is 20.5. The first-order valence-electron chi connectivity index (χ1n) is 11.9. The number of quaternary nitrogens is 1. The first kappa shape index (κ1) is 26.3. The molecule has 0 heterocycles. The van der Waals surface area contributed by atoms with Crippen molar-refractivity contribution in [1.82, 2.24) is 0 Å². The quantitative estimate of drug-likeness (QED) is 0.195. The number of hydrogen-bond acceptors (Lipinski definition) is 2. The van der Waals surface area contributed by atoms with Gasteiger partial charge in [-0.3, -0.25) is 0 Å². The molecule has 3 aromatic rings. The maximum atomic E-state index is 11.9. The molecule has 1 atom stereocenters. The van der Waals surface area contributed by atoms with Crippen LogP contribution in [0.15, 0.2) is 84.9 Å². The summed E-state index contributed by atoms with van der Waals surface area (Å²) in [6, 6.07) is 29.3. The highest BCUT2D eigenvalue weighted by Crippen LogP contribution is 2.35. The van der Waals surface area contributed by atoms with Crippen LogP contribution in [-0.2, 0) is 4.57 Å². The van der Waals surface area contributed by atoms with Gasteiger partial charge in [0.15, 0.2) is 0 Å². The van der Waals surface area contributed by atoms with Crippen LogP contribution in [0.3, 0.4) is 0 Å². The lowest BCUT2D eigenvalue weighted by atomic mass is 9.88. The minimum atomic E-state index is -1.96. The molecule has 0 saturated carbocycles. The highest BCUT2D eigenvalue weighted by molar-refractivity contribution is 7.62. The average Bonchev–Trinajstić information content (AvgIpc) is 2.84. The fourth-order valence-electron chi connectivity index (χ4n) is 3.91. The van der Waals surface area contributed by atoms with Gasteiger partial charge in [-0.2, -0.15) is 0 Å². The van der Waals surface area contributed by atoms with Crippen molar-refractivity contribution in [2.24, 2.45) is 0 Å².